The molecule has 0 aliphatic rings. The zero-order valence-electron chi connectivity index (χ0n) is 13.9. The number of aliphatic imine (C=N–C) groups is 1. The van der Waals surface area contributed by atoms with Crippen molar-refractivity contribution in [1.82, 2.24) is 10.6 Å². The molecule has 0 aliphatic carbocycles. The smallest absolute Gasteiger partial charge is 0.305 e. The number of unbranched alkanes of at least 4 members (excludes halogenated alkanes) is 2. The number of rotatable bonds is 9. The Morgan fingerprint density at radius 3 is 2.78 bits per heavy atom. The SMILES string of the molecule is CCNC(=NCc1cccc(F)c1)NCCCCCC(=O)OC. The van der Waals surface area contributed by atoms with Crippen LogP contribution in [-0.4, -0.2) is 32.1 Å². The first-order valence-corrected chi connectivity index (χ1v) is 7.99. The van der Waals surface area contributed by atoms with Crippen LogP contribution in [0.4, 0.5) is 4.39 Å². The molecule has 0 bridgehead atoms. The maximum atomic E-state index is 13.1. The lowest BCUT2D eigenvalue weighted by Crippen LogP contribution is -2.37. The lowest BCUT2D eigenvalue weighted by molar-refractivity contribution is -0.140. The zero-order chi connectivity index (χ0) is 16.9. The predicted octanol–water partition coefficient (Wildman–Crippen LogP) is 2.61. The molecule has 0 aliphatic heterocycles. The van der Waals surface area contributed by atoms with E-state index >= 15 is 0 Å². The minimum Gasteiger partial charge on any atom is -0.469 e. The van der Waals surface area contributed by atoms with E-state index in [4.69, 9.17) is 0 Å². The molecule has 1 aromatic carbocycles. The molecule has 0 atom stereocenters. The summed E-state index contributed by atoms with van der Waals surface area (Å²) in [5.41, 5.74) is 0.834. The van der Waals surface area contributed by atoms with Crippen molar-refractivity contribution in [2.45, 2.75) is 39.2 Å². The Bertz CT molecular complexity index is 506. The summed E-state index contributed by atoms with van der Waals surface area (Å²) >= 11 is 0. The third kappa shape index (κ3) is 8.80. The fourth-order valence-electron chi connectivity index (χ4n) is 2.03. The number of hydrogen-bond acceptors (Lipinski definition) is 3. The zero-order valence-corrected chi connectivity index (χ0v) is 13.9. The predicted molar refractivity (Wildman–Crippen MR) is 89.7 cm³/mol. The molecule has 1 aromatic rings. The van der Waals surface area contributed by atoms with Gasteiger partial charge in [0.25, 0.3) is 0 Å². The van der Waals surface area contributed by atoms with Gasteiger partial charge in [0.05, 0.1) is 13.7 Å². The third-order valence-corrected chi connectivity index (χ3v) is 3.23. The fraction of sp³-hybridized carbons (Fsp3) is 0.529. The molecule has 5 nitrogen and oxygen atoms in total. The van der Waals surface area contributed by atoms with Crippen molar-refractivity contribution in [3.8, 4) is 0 Å². The summed E-state index contributed by atoms with van der Waals surface area (Å²) in [4.78, 5) is 15.4. The van der Waals surface area contributed by atoms with E-state index in [0.717, 1.165) is 37.9 Å². The van der Waals surface area contributed by atoms with Gasteiger partial charge < -0.3 is 15.4 Å². The first-order valence-electron chi connectivity index (χ1n) is 7.99. The number of ether oxygens (including phenoxy) is 1. The molecule has 0 fully saturated rings. The number of hydrogen-bond donors (Lipinski definition) is 2. The van der Waals surface area contributed by atoms with Gasteiger partial charge in [0.2, 0.25) is 0 Å². The largest absolute Gasteiger partial charge is 0.469 e. The lowest BCUT2D eigenvalue weighted by atomic mass is 10.2. The first kappa shape index (κ1) is 18.9. The van der Waals surface area contributed by atoms with Crippen molar-refractivity contribution >= 4 is 11.9 Å². The van der Waals surface area contributed by atoms with Crippen LogP contribution in [-0.2, 0) is 16.1 Å². The van der Waals surface area contributed by atoms with E-state index in [1.165, 1.54) is 19.2 Å². The quantitative estimate of drug-likeness (QED) is 0.317. The van der Waals surface area contributed by atoms with Gasteiger partial charge in [-0.3, -0.25) is 4.79 Å². The molecule has 0 radical (unpaired) electrons. The molecular weight excluding hydrogens is 297 g/mol. The number of carbonyl (C=O) groups excluding carboxylic acids is 1. The second-order valence-corrected chi connectivity index (χ2v) is 5.14. The molecule has 0 amide bonds. The fourth-order valence-corrected chi connectivity index (χ4v) is 2.03. The third-order valence-electron chi connectivity index (χ3n) is 3.23. The Balaban J connectivity index is 2.31. The van der Waals surface area contributed by atoms with Crippen molar-refractivity contribution in [3.63, 3.8) is 0 Å². The number of guanidine groups is 1. The Morgan fingerprint density at radius 1 is 1.26 bits per heavy atom. The second kappa shape index (κ2) is 11.5. The van der Waals surface area contributed by atoms with E-state index in [2.05, 4.69) is 20.4 Å². The Kier molecular flexibility index (Phi) is 9.43. The molecule has 0 saturated carbocycles. The van der Waals surface area contributed by atoms with E-state index in [1.54, 1.807) is 6.07 Å². The van der Waals surface area contributed by atoms with Crippen molar-refractivity contribution in [1.29, 1.82) is 0 Å². The van der Waals surface area contributed by atoms with Crippen LogP contribution in [0.25, 0.3) is 0 Å². The maximum absolute atomic E-state index is 13.1. The van der Waals surface area contributed by atoms with Crippen LogP contribution < -0.4 is 10.6 Å². The van der Waals surface area contributed by atoms with Crippen LogP contribution in [0.2, 0.25) is 0 Å². The first-order chi connectivity index (χ1) is 11.2. The summed E-state index contributed by atoms with van der Waals surface area (Å²) in [5.74, 6) is 0.300. The summed E-state index contributed by atoms with van der Waals surface area (Å²) in [5, 5.41) is 6.39. The number of carbonyl (C=O) groups is 1. The lowest BCUT2D eigenvalue weighted by Gasteiger charge is -2.11. The Morgan fingerprint density at radius 2 is 2.09 bits per heavy atom. The van der Waals surface area contributed by atoms with Gasteiger partial charge in [0.1, 0.15) is 5.82 Å². The molecule has 2 N–H and O–H groups in total. The molecule has 0 unspecified atom stereocenters. The molecule has 23 heavy (non-hydrogen) atoms. The highest BCUT2D eigenvalue weighted by Crippen LogP contribution is 2.04. The number of nitrogens with zero attached hydrogens (tertiary/aromatic N) is 1. The van der Waals surface area contributed by atoms with E-state index < -0.39 is 0 Å². The average molecular weight is 323 g/mol. The van der Waals surface area contributed by atoms with Crippen molar-refractivity contribution in [2.75, 3.05) is 20.2 Å². The van der Waals surface area contributed by atoms with Crippen molar-refractivity contribution in [3.05, 3.63) is 35.6 Å². The summed E-state index contributed by atoms with van der Waals surface area (Å²) < 4.78 is 17.7. The Labute approximate surface area is 137 Å². The van der Waals surface area contributed by atoms with Gasteiger partial charge in [0.15, 0.2) is 5.96 Å². The Hall–Kier alpha value is -2.11. The minimum absolute atomic E-state index is 0.164. The van der Waals surface area contributed by atoms with Gasteiger partial charge in [-0.1, -0.05) is 18.6 Å². The van der Waals surface area contributed by atoms with Crippen LogP contribution in [0, 0.1) is 5.82 Å². The van der Waals surface area contributed by atoms with Gasteiger partial charge in [-0.25, -0.2) is 9.38 Å². The normalized spacial score (nSPS) is 11.2. The summed E-state index contributed by atoms with van der Waals surface area (Å²) in [6, 6.07) is 6.44. The topological polar surface area (TPSA) is 62.7 Å². The van der Waals surface area contributed by atoms with E-state index in [0.29, 0.717) is 18.9 Å². The monoisotopic (exact) mass is 323 g/mol. The van der Waals surface area contributed by atoms with Crippen LogP contribution in [0.15, 0.2) is 29.3 Å². The van der Waals surface area contributed by atoms with Gasteiger partial charge >= 0.3 is 5.97 Å². The van der Waals surface area contributed by atoms with Crippen LogP contribution >= 0.6 is 0 Å². The molecular formula is C17H26FN3O2. The highest BCUT2D eigenvalue weighted by Gasteiger charge is 2.01. The summed E-state index contributed by atoms with van der Waals surface area (Å²) in [7, 11) is 1.40. The van der Waals surface area contributed by atoms with Crippen LogP contribution in [0.3, 0.4) is 0 Å². The van der Waals surface area contributed by atoms with E-state index in [9.17, 15) is 9.18 Å². The number of nitrogens with one attached hydrogen (secondary N) is 2. The minimum atomic E-state index is -0.249. The van der Waals surface area contributed by atoms with Gasteiger partial charge in [-0.2, -0.15) is 0 Å². The summed E-state index contributed by atoms with van der Waals surface area (Å²) in [6.07, 6.45) is 3.18. The number of halogens is 1. The van der Waals surface area contributed by atoms with Crippen molar-refractivity contribution in [2.24, 2.45) is 4.99 Å². The average Bonchev–Trinajstić information content (AvgIpc) is 2.55. The van der Waals surface area contributed by atoms with Crippen LogP contribution in [0.5, 0.6) is 0 Å². The number of benzene rings is 1. The molecule has 6 heteroatoms. The molecule has 0 spiro atoms. The molecule has 128 valence electrons. The van der Waals surface area contributed by atoms with E-state index in [-0.39, 0.29) is 11.8 Å². The van der Waals surface area contributed by atoms with E-state index in [1.807, 2.05) is 13.0 Å². The van der Waals surface area contributed by atoms with Gasteiger partial charge in [-0.15, -0.1) is 0 Å². The number of esters is 1. The molecule has 0 heterocycles. The molecule has 0 aromatic heterocycles. The highest BCUT2D eigenvalue weighted by molar-refractivity contribution is 5.79. The second-order valence-electron chi connectivity index (χ2n) is 5.14. The number of methoxy groups -OCH3 is 1. The maximum Gasteiger partial charge on any atom is 0.305 e. The molecule has 0 saturated heterocycles. The van der Waals surface area contributed by atoms with Gasteiger partial charge in [-0.05, 0) is 37.5 Å². The highest BCUT2D eigenvalue weighted by atomic mass is 19.1. The van der Waals surface area contributed by atoms with Gasteiger partial charge in [0, 0.05) is 19.5 Å². The van der Waals surface area contributed by atoms with Crippen molar-refractivity contribution < 1.29 is 13.9 Å². The molecule has 1 rings (SSSR count). The summed E-state index contributed by atoms with van der Waals surface area (Å²) in [6.45, 7) is 3.96. The standard InChI is InChI=1S/C17H26FN3O2/c1-3-19-17(20-11-6-4-5-10-16(22)23-2)21-13-14-8-7-9-15(18)12-14/h7-9,12H,3-6,10-11,13H2,1-2H3,(H2,19,20,21). The van der Waals surface area contributed by atoms with Crippen LogP contribution in [0.1, 0.15) is 38.2 Å².